The molecule has 0 saturated carbocycles. The summed E-state index contributed by atoms with van der Waals surface area (Å²) in [5, 5.41) is 10.6. The lowest BCUT2D eigenvalue weighted by Gasteiger charge is -2.21. The summed E-state index contributed by atoms with van der Waals surface area (Å²) in [4.78, 5) is 24.3. The quantitative estimate of drug-likeness (QED) is 0.365. The first-order valence-corrected chi connectivity index (χ1v) is 10.7. The van der Waals surface area contributed by atoms with E-state index in [2.05, 4.69) is 5.32 Å². The highest BCUT2D eigenvalue weighted by Gasteiger charge is 2.33. The fourth-order valence-electron chi connectivity index (χ4n) is 3.69. The number of ether oxygens (including phenoxy) is 1. The Kier molecular flexibility index (Phi) is 9.22. The van der Waals surface area contributed by atoms with Gasteiger partial charge in [-0.3, -0.25) is 9.59 Å². The smallest absolute Gasteiger partial charge is 0.416 e. The number of benzene rings is 1. The maximum absolute atomic E-state index is 13.5. The third-order valence-corrected chi connectivity index (χ3v) is 5.20. The van der Waals surface area contributed by atoms with Gasteiger partial charge in [-0.25, -0.2) is 0 Å². The first-order chi connectivity index (χ1) is 14.6. The van der Waals surface area contributed by atoms with Crippen LogP contribution in [0, 0.1) is 5.41 Å². The molecule has 5 nitrogen and oxygen atoms in total. The van der Waals surface area contributed by atoms with Crippen LogP contribution in [0.25, 0.3) is 0 Å². The predicted molar refractivity (Wildman–Crippen MR) is 113 cm³/mol. The van der Waals surface area contributed by atoms with Crippen LogP contribution in [0.15, 0.2) is 12.1 Å². The standard InChI is InChI=1S/C23H31F3N2O3/c1-15(27)6-4-3-5-7-20(30)13-18-12-19(23(24,25)26)11-17(10-16(2)29)22(18)31-21-8-9-28-14-21/h11-12,21,27-28H,3-10,13-14H2,1-2H3/t21-/m1/s1. The van der Waals surface area contributed by atoms with Gasteiger partial charge in [0.2, 0.25) is 0 Å². The summed E-state index contributed by atoms with van der Waals surface area (Å²) in [5.41, 5.74) is 0.0955. The Morgan fingerprint density at radius 3 is 2.29 bits per heavy atom. The number of nitrogens with one attached hydrogen (secondary N) is 2. The van der Waals surface area contributed by atoms with Crippen molar-refractivity contribution in [3.63, 3.8) is 0 Å². The second-order valence-electron chi connectivity index (χ2n) is 8.29. The number of alkyl halides is 3. The van der Waals surface area contributed by atoms with Crippen LogP contribution in [0.2, 0.25) is 0 Å². The first-order valence-electron chi connectivity index (χ1n) is 10.7. The number of rotatable bonds is 12. The van der Waals surface area contributed by atoms with Crippen molar-refractivity contribution in [1.29, 1.82) is 5.41 Å². The highest BCUT2D eigenvalue weighted by molar-refractivity contribution is 5.83. The molecule has 0 aromatic heterocycles. The SMILES string of the molecule is CC(=N)CCCCCC(=O)Cc1cc(C(F)(F)F)cc(CC(C)=O)c1O[C@@H]1CCNC1. The van der Waals surface area contributed by atoms with Gasteiger partial charge >= 0.3 is 6.18 Å². The van der Waals surface area contributed by atoms with Gasteiger partial charge in [0, 0.05) is 42.6 Å². The highest BCUT2D eigenvalue weighted by atomic mass is 19.4. The fraction of sp³-hybridized carbons (Fsp3) is 0.609. The Morgan fingerprint density at radius 2 is 1.74 bits per heavy atom. The molecule has 0 bridgehead atoms. The molecular formula is C23H31F3N2O3. The zero-order chi connectivity index (χ0) is 23.0. The van der Waals surface area contributed by atoms with E-state index in [9.17, 15) is 22.8 Å². The van der Waals surface area contributed by atoms with Crippen LogP contribution in [0.5, 0.6) is 5.75 Å². The summed E-state index contributed by atoms with van der Waals surface area (Å²) in [5.74, 6) is -0.189. The van der Waals surface area contributed by atoms with E-state index in [0.717, 1.165) is 31.5 Å². The lowest BCUT2D eigenvalue weighted by Crippen LogP contribution is -2.22. The molecule has 2 rings (SSSR count). The Bertz CT molecular complexity index is 800. The highest BCUT2D eigenvalue weighted by Crippen LogP contribution is 2.37. The monoisotopic (exact) mass is 440 g/mol. The Hall–Kier alpha value is -2.22. The fourth-order valence-corrected chi connectivity index (χ4v) is 3.69. The van der Waals surface area contributed by atoms with Gasteiger partial charge in [-0.05, 0) is 58.2 Å². The number of carbonyl (C=O) groups excluding carboxylic acids is 2. The van der Waals surface area contributed by atoms with E-state index in [0.29, 0.717) is 31.5 Å². The Balaban J connectivity index is 2.24. The topological polar surface area (TPSA) is 79.2 Å². The van der Waals surface area contributed by atoms with E-state index in [1.165, 1.54) is 6.92 Å². The third-order valence-electron chi connectivity index (χ3n) is 5.20. The van der Waals surface area contributed by atoms with Crippen molar-refractivity contribution in [3.8, 4) is 5.75 Å². The van der Waals surface area contributed by atoms with E-state index < -0.39 is 11.7 Å². The Morgan fingerprint density at radius 1 is 1.10 bits per heavy atom. The van der Waals surface area contributed by atoms with Gasteiger partial charge in [0.1, 0.15) is 23.4 Å². The minimum Gasteiger partial charge on any atom is -0.488 e. The van der Waals surface area contributed by atoms with Gasteiger partial charge in [-0.15, -0.1) is 0 Å². The average molecular weight is 441 g/mol. The van der Waals surface area contributed by atoms with E-state index in [4.69, 9.17) is 10.1 Å². The van der Waals surface area contributed by atoms with E-state index in [-0.39, 0.29) is 53.8 Å². The Labute approximate surface area is 181 Å². The van der Waals surface area contributed by atoms with E-state index in [1.807, 2.05) is 0 Å². The summed E-state index contributed by atoms with van der Waals surface area (Å²) in [6, 6.07) is 1.95. The summed E-state index contributed by atoms with van der Waals surface area (Å²) >= 11 is 0. The predicted octanol–water partition coefficient (Wildman–Crippen LogP) is 4.68. The third kappa shape index (κ3) is 8.44. The van der Waals surface area contributed by atoms with Gasteiger partial charge in [0.05, 0.1) is 5.56 Å². The van der Waals surface area contributed by atoms with Crippen molar-refractivity contribution in [2.45, 2.75) is 77.5 Å². The molecule has 1 heterocycles. The molecule has 8 heteroatoms. The molecule has 0 unspecified atom stereocenters. The summed E-state index contributed by atoms with van der Waals surface area (Å²) < 4.78 is 46.4. The number of Topliss-reactive ketones (excluding diaryl/α,β-unsaturated/α-hetero) is 2. The molecule has 0 spiro atoms. The summed E-state index contributed by atoms with van der Waals surface area (Å²) in [6.45, 7) is 4.37. The number of unbranched alkanes of at least 4 members (excludes halogenated alkanes) is 2. The van der Waals surface area contributed by atoms with Crippen LogP contribution in [0.1, 0.15) is 69.1 Å². The molecule has 1 aliphatic rings. The molecule has 1 fully saturated rings. The molecule has 1 aromatic carbocycles. The molecule has 1 atom stereocenters. The molecular weight excluding hydrogens is 409 g/mol. The lowest BCUT2D eigenvalue weighted by molar-refractivity contribution is -0.137. The lowest BCUT2D eigenvalue weighted by atomic mass is 9.95. The van der Waals surface area contributed by atoms with Crippen molar-refractivity contribution >= 4 is 17.3 Å². The number of halogens is 3. The van der Waals surface area contributed by atoms with Crippen LogP contribution in [0.4, 0.5) is 13.2 Å². The molecule has 0 aliphatic carbocycles. The summed E-state index contributed by atoms with van der Waals surface area (Å²) in [7, 11) is 0. The maximum Gasteiger partial charge on any atom is 0.416 e. The number of carbonyl (C=O) groups is 2. The molecule has 172 valence electrons. The average Bonchev–Trinajstić information content (AvgIpc) is 3.15. The zero-order valence-electron chi connectivity index (χ0n) is 18.2. The van der Waals surface area contributed by atoms with E-state index in [1.54, 1.807) is 6.92 Å². The van der Waals surface area contributed by atoms with Crippen molar-refractivity contribution in [1.82, 2.24) is 5.32 Å². The molecule has 2 N–H and O–H groups in total. The van der Waals surface area contributed by atoms with Crippen LogP contribution < -0.4 is 10.1 Å². The van der Waals surface area contributed by atoms with Crippen LogP contribution in [0.3, 0.4) is 0 Å². The number of hydrogen-bond donors (Lipinski definition) is 2. The van der Waals surface area contributed by atoms with Crippen molar-refractivity contribution in [3.05, 3.63) is 28.8 Å². The maximum atomic E-state index is 13.5. The van der Waals surface area contributed by atoms with Gasteiger partial charge in [-0.2, -0.15) is 13.2 Å². The second kappa shape index (κ2) is 11.4. The van der Waals surface area contributed by atoms with Crippen LogP contribution in [-0.2, 0) is 28.6 Å². The van der Waals surface area contributed by atoms with Gasteiger partial charge in [0.25, 0.3) is 0 Å². The molecule has 1 saturated heterocycles. The molecule has 1 aliphatic heterocycles. The number of hydrogen-bond acceptors (Lipinski definition) is 5. The normalized spacial score (nSPS) is 16.4. The molecule has 1 aromatic rings. The van der Waals surface area contributed by atoms with Gasteiger partial charge in [-0.1, -0.05) is 6.42 Å². The zero-order valence-corrected chi connectivity index (χ0v) is 18.2. The molecule has 31 heavy (non-hydrogen) atoms. The van der Waals surface area contributed by atoms with Crippen molar-refractivity contribution in [2.75, 3.05) is 13.1 Å². The van der Waals surface area contributed by atoms with Crippen molar-refractivity contribution in [2.24, 2.45) is 0 Å². The largest absolute Gasteiger partial charge is 0.488 e. The minimum absolute atomic E-state index is 0.158. The minimum atomic E-state index is -4.58. The second-order valence-corrected chi connectivity index (χ2v) is 8.29. The van der Waals surface area contributed by atoms with Gasteiger partial charge < -0.3 is 15.5 Å². The van der Waals surface area contributed by atoms with Crippen molar-refractivity contribution < 1.29 is 27.5 Å². The van der Waals surface area contributed by atoms with Crippen LogP contribution >= 0.6 is 0 Å². The molecule has 0 amide bonds. The van der Waals surface area contributed by atoms with E-state index >= 15 is 0 Å². The number of ketones is 2. The summed E-state index contributed by atoms with van der Waals surface area (Å²) in [6.07, 6.45) is -1.23. The first kappa shape index (κ1) is 25.0. The van der Waals surface area contributed by atoms with Crippen LogP contribution in [-0.4, -0.2) is 36.5 Å². The van der Waals surface area contributed by atoms with Gasteiger partial charge in [0.15, 0.2) is 0 Å². The molecule has 0 radical (unpaired) electrons.